The van der Waals surface area contributed by atoms with Gasteiger partial charge in [0.2, 0.25) is 0 Å². The smallest absolute Gasteiger partial charge is 0.134 e. The Balaban J connectivity index is 3.04. The molecule has 0 fully saturated rings. The van der Waals surface area contributed by atoms with Crippen LogP contribution in [-0.2, 0) is 9.47 Å². The summed E-state index contributed by atoms with van der Waals surface area (Å²) in [6.07, 6.45) is 8.24. The molecule has 0 rings (SSSR count). The van der Waals surface area contributed by atoms with Crippen molar-refractivity contribution < 1.29 is 9.47 Å². The molecule has 0 aliphatic heterocycles. The summed E-state index contributed by atoms with van der Waals surface area (Å²) in [6, 6.07) is 1.35. The number of ether oxygens (including phenoxy) is 2. The van der Waals surface area contributed by atoms with Crippen molar-refractivity contribution in [1.29, 1.82) is 0 Å². The molecule has 0 spiro atoms. The third-order valence-electron chi connectivity index (χ3n) is 2.60. The van der Waals surface area contributed by atoms with Gasteiger partial charge in [0.15, 0.2) is 0 Å². The number of hydrogen-bond donors (Lipinski definition) is 0. The topological polar surface area (TPSA) is 18.5 Å². The van der Waals surface area contributed by atoms with Crippen molar-refractivity contribution in [3.05, 3.63) is 0 Å². The van der Waals surface area contributed by atoms with Gasteiger partial charge in [0.1, 0.15) is 5.91 Å². The van der Waals surface area contributed by atoms with Gasteiger partial charge in [-0.05, 0) is 6.42 Å². The van der Waals surface area contributed by atoms with Crippen molar-refractivity contribution >= 4 is 25.4 Å². The summed E-state index contributed by atoms with van der Waals surface area (Å²) in [4.78, 5) is 0. The zero-order valence-electron chi connectivity index (χ0n) is 10.1. The van der Waals surface area contributed by atoms with E-state index in [4.69, 9.17) is 9.47 Å². The van der Waals surface area contributed by atoms with Crippen LogP contribution in [0.15, 0.2) is 0 Å². The molecular weight excluding hydrogens is 272 g/mol. The number of hydrogen-bond acceptors (Lipinski definition) is 2. The standard InChI is InChI=1S/C11H25BrO2Si/c1-13-11(14-2)15-10-8-6-4-3-5-7-9-12/h11H,3-10,15H2,1-2H3. The van der Waals surface area contributed by atoms with E-state index in [1.807, 2.05) is 0 Å². The Labute approximate surface area is 105 Å². The molecule has 0 saturated carbocycles. The Hall–Kier alpha value is 0.617. The van der Waals surface area contributed by atoms with E-state index in [0.717, 1.165) is 5.33 Å². The van der Waals surface area contributed by atoms with Crippen LogP contribution in [0.1, 0.15) is 38.5 Å². The minimum absolute atomic E-state index is 0.137. The maximum absolute atomic E-state index is 5.19. The van der Waals surface area contributed by atoms with Crippen LogP contribution >= 0.6 is 15.9 Å². The van der Waals surface area contributed by atoms with E-state index in [0.29, 0.717) is 0 Å². The maximum atomic E-state index is 5.19. The molecule has 92 valence electrons. The zero-order chi connectivity index (χ0) is 11.4. The number of rotatable bonds is 11. The lowest BCUT2D eigenvalue weighted by Gasteiger charge is -2.11. The molecule has 0 bridgehead atoms. The van der Waals surface area contributed by atoms with Gasteiger partial charge in [-0.1, -0.05) is 54.1 Å². The number of halogens is 1. The van der Waals surface area contributed by atoms with Gasteiger partial charge in [-0.25, -0.2) is 0 Å². The molecule has 2 nitrogen and oxygen atoms in total. The summed E-state index contributed by atoms with van der Waals surface area (Å²) in [6.45, 7) is 0. The van der Waals surface area contributed by atoms with E-state index in [9.17, 15) is 0 Å². The fourth-order valence-corrected chi connectivity index (χ4v) is 3.46. The van der Waals surface area contributed by atoms with E-state index in [1.54, 1.807) is 14.2 Å². The molecule has 0 aromatic heterocycles. The normalized spacial score (nSPS) is 12.0. The number of unbranched alkanes of at least 4 members (excludes halogenated alkanes) is 5. The Morgan fingerprint density at radius 3 is 2.00 bits per heavy atom. The molecule has 15 heavy (non-hydrogen) atoms. The summed E-state index contributed by atoms with van der Waals surface area (Å²) in [5.74, 6) is 0.137. The average Bonchev–Trinajstić information content (AvgIpc) is 2.27. The molecule has 0 saturated heterocycles. The Morgan fingerprint density at radius 1 is 0.933 bits per heavy atom. The predicted molar refractivity (Wildman–Crippen MR) is 72.7 cm³/mol. The van der Waals surface area contributed by atoms with Crippen molar-refractivity contribution in [2.45, 2.75) is 50.5 Å². The minimum Gasteiger partial charge on any atom is -0.360 e. The molecule has 0 aliphatic carbocycles. The first-order valence-electron chi connectivity index (χ1n) is 5.96. The minimum atomic E-state index is -0.171. The monoisotopic (exact) mass is 296 g/mol. The van der Waals surface area contributed by atoms with Crippen LogP contribution in [0.25, 0.3) is 0 Å². The van der Waals surface area contributed by atoms with Gasteiger partial charge in [0.25, 0.3) is 0 Å². The Kier molecular flexibility index (Phi) is 13.2. The van der Waals surface area contributed by atoms with Gasteiger partial charge in [-0.2, -0.15) is 0 Å². The van der Waals surface area contributed by atoms with Gasteiger partial charge >= 0.3 is 0 Å². The van der Waals surface area contributed by atoms with Crippen LogP contribution in [0.5, 0.6) is 0 Å². The highest BCUT2D eigenvalue weighted by Gasteiger charge is 2.04. The largest absolute Gasteiger partial charge is 0.360 e. The highest BCUT2D eigenvalue weighted by atomic mass is 79.9. The lowest BCUT2D eigenvalue weighted by molar-refractivity contribution is -0.0441. The summed E-state index contributed by atoms with van der Waals surface area (Å²) < 4.78 is 10.4. The van der Waals surface area contributed by atoms with Gasteiger partial charge in [-0.15, -0.1) is 0 Å². The summed E-state index contributed by atoms with van der Waals surface area (Å²) in [7, 11) is 3.30. The maximum Gasteiger partial charge on any atom is 0.134 e. The average molecular weight is 297 g/mol. The summed E-state index contributed by atoms with van der Waals surface area (Å²) in [5, 5.41) is 1.16. The molecule has 4 heteroatoms. The fourth-order valence-electron chi connectivity index (χ4n) is 1.62. The van der Waals surface area contributed by atoms with Crippen molar-refractivity contribution in [1.82, 2.24) is 0 Å². The highest BCUT2D eigenvalue weighted by Crippen LogP contribution is 2.08. The van der Waals surface area contributed by atoms with E-state index in [2.05, 4.69) is 15.9 Å². The first-order chi connectivity index (χ1) is 7.35. The molecule has 0 heterocycles. The van der Waals surface area contributed by atoms with Crippen LogP contribution in [0, 0.1) is 0 Å². The molecule has 0 radical (unpaired) electrons. The lowest BCUT2D eigenvalue weighted by Crippen LogP contribution is -2.20. The Bertz CT molecular complexity index is 121. The second-order valence-corrected chi connectivity index (χ2v) is 6.60. The van der Waals surface area contributed by atoms with Gasteiger partial charge in [0, 0.05) is 19.5 Å². The quantitative estimate of drug-likeness (QED) is 0.253. The summed E-state index contributed by atoms with van der Waals surface area (Å²) in [5.41, 5.74) is 0. The molecule has 0 atom stereocenters. The molecule has 0 amide bonds. The van der Waals surface area contributed by atoms with Crippen LogP contribution < -0.4 is 0 Å². The SMILES string of the molecule is COC(OC)[SiH2]CCCCCCCCBr. The van der Waals surface area contributed by atoms with Gasteiger partial charge in [0.05, 0.1) is 9.52 Å². The molecule has 0 aromatic carbocycles. The fraction of sp³-hybridized carbons (Fsp3) is 1.00. The van der Waals surface area contributed by atoms with Gasteiger partial charge in [-0.3, -0.25) is 0 Å². The third-order valence-corrected chi connectivity index (χ3v) is 5.21. The van der Waals surface area contributed by atoms with E-state index >= 15 is 0 Å². The molecule has 0 aromatic rings. The molecular formula is C11H25BrO2Si. The van der Waals surface area contributed by atoms with Crippen molar-refractivity contribution in [3.63, 3.8) is 0 Å². The van der Waals surface area contributed by atoms with Crippen LogP contribution in [0.4, 0.5) is 0 Å². The van der Waals surface area contributed by atoms with Crippen molar-refractivity contribution in [3.8, 4) is 0 Å². The number of alkyl halides is 1. The van der Waals surface area contributed by atoms with E-state index < -0.39 is 0 Å². The Morgan fingerprint density at radius 2 is 1.47 bits per heavy atom. The van der Waals surface area contributed by atoms with Crippen LogP contribution in [0.2, 0.25) is 6.04 Å². The second kappa shape index (κ2) is 12.7. The first-order valence-corrected chi connectivity index (χ1v) is 8.90. The van der Waals surface area contributed by atoms with E-state index in [1.165, 1.54) is 44.6 Å². The number of methoxy groups -OCH3 is 2. The van der Waals surface area contributed by atoms with Crippen LogP contribution in [-0.4, -0.2) is 35.0 Å². The predicted octanol–water partition coefficient (Wildman–Crippen LogP) is 2.89. The lowest BCUT2D eigenvalue weighted by atomic mass is 10.1. The molecule has 0 unspecified atom stereocenters. The van der Waals surface area contributed by atoms with Gasteiger partial charge < -0.3 is 9.47 Å². The van der Waals surface area contributed by atoms with Crippen molar-refractivity contribution in [2.24, 2.45) is 0 Å². The molecule has 0 aliphatic rings. The zero-order valence-corrected chi connectivity index (χ0v) is 13.1. The first kappa shape index (κ1) is 15.6. The van der Waals surface area contributed by atoms with Crippen LogP contribution in [0.3, 0.4) is 0 Å². The van der Waals surface area contributed by atoms with E-state index in [-0.39, 0.29) is 15.4 Å². The third kappa shape index (κ3) is 10.9. The molecule has 0 N–H and O–H groups in total. The summed E-state index contributed by atoms with van der Waals surface area (Å²) >= 11 is 3.45. The second-order valence-electron chi connectivity index (χ2n) is 3.85. The highest BCUT2D eigenvalue weighted by molar-refractivity contribution is 9.09. The van der Waals surface area contributed by atoms with Crippen molar-refractivity contribution in [2.75, 3.05) is 19.5 Å².